The van der Waals surface area contributed by atoms with Crippen LogP contribution in [0.25, 0.3) is 0 Å². The van der Waals surface area contributed by atoms with E-state index in [4.69, 9.17) is 0 Å². The first-order chi connectivity index (χ1) is 12.0. The van der Waals surface area contributed by atoms with Crippen LogP contribution in [-0.4, -0.2) is 64.0 Å². The lowest BCUT2D eigenvalue weighted by Gasteiger charge is -2.51. The van der Waals surface area contributed by atoms with Crippen molar-refractivity contribution in [3.63, 3.8) is 0 Å². The molecule has 0 aromatic carbocycles. The average molecular weight is 364 g/mol. The Labute approximate surface area is 154 Å². The van der Waals surface area contributed by atoms with Crippen LogP contribution in [0.4, 0.5) is 0 Å². The van der Waals surface area contributed by atoms with Crippen LogP contribution in [0.2, 0.25) is 0 Å². The molecule has 138 valence electrons. The first-order valence-corrected chi connectivity index (χ1v) is 10.0. The Morgan fingerprint density at radius 1 is 1.44 bits per heavy atom. The van der Waals surface area contributed by atoms with Crippen molar-refractivity contribution in [2.45, 2.75) is 45.6 Å². The highest BCUT2D eigenvalue weighted by Gasteiger charge is 2.46. The Hall–Kier alpha value is -1.24. The first kappa shape index (κ1) is 18.5. The van der Waals surface area contributed by atoms with Crippen LogP contribution in [0.3, 0.4) is 0 Å². The second-order valence-electron chi connectivity index (χ2n) is 7.72. The van der Waals surface area contributed by atoms with Crippen LogP contribution in [-0.2, 0) is 0 Å². The van der Waals surface area contributed by atoms with E-state index in [1.165, 1.54) is 17.1 Å². The molecule has 0 aliphatic carbocycles. The molecule has 3 rings (SSSR count). The largest absolute Gasteiger partial charge is 0.392 e. The molecule has 2 fully saturated rings. The van der Waals surface area contributed by atoms with Crippen LogP contribution in [0.1, 0.15) is 49.2 Å². The van der Waals surface area contributed by atoms with Gasteiger partial charge >= 0.3 is 0 Å². The molecule has 5 nitrogen and oxygen atoms in total. The molecule has 2 aliphatic heterocycles. The molecule has 2 saturated heterocycles. The van der Waals surface area contributed by atoms with E-state index in [1.54, 1.807) is 12.3 Å². The van der Waals surface area contributed by atoms with Gasteiger partial charge in [0.2, 0.25) is 0 Å². The van der Waals surface area contributed by atoms with Crippen molar-refractivity contribution in [3.05, 3.63) is 28.8 Å². The molecule has 3 heterocycles. The summed E-state index contributed by atoms with van der Waals surface area (Å²) < 4.78 is 4.05. The summed E-state index contributed by atoms with van der Waals surface area (Å²) in [6.07, 6.45) is 7.46. The number of hydrogen-bond acceptors (Lipinski definition) is 5. The van der Waals surface area contributed by atoms with Crippen LogP contribution in [0.5, 0.6) is 0 Å². The molecule has 6 heteroatoms. The molecule has 2 atom stereocenters. The van der Waals surface area contributed by atoms with Crippen LogP contribution in [0.15, 0.2) is 23.9 Å². The molecule has 1 amide bonds. The molecule has 0 radical (unpaired) electrons. The van der Waals surface area contributed by atoms with Gasteiger partial charge in [0.25, 0.3) is 5.91 Å². The zero-order valence-corrected chi connectivity index (χ0v) is 16.1. The maximum atomic E-state index is 12.7. The van der Waals surface area contributed by atoms with E-state index in [2.05, 4.69) is 29.2 Å². The Bertz CT molecular complexity index is 612. The van der Waals surface area contributed by atoms with Gasteiger partial charge in [-0.2, -0.15) is 0 Å². The SMILES string of the molecule is CC(C)=CCCN1CC[C@@H](O)[C@]2(CCCN(C(=O)c3ccns3)C2)C1. The fourth-order valence-electron chi connectivity index (χ4n) is 4.18. The number of piperidine rings is 2. The van der Waals surface area contributed by atoms with E-state index in [1.807, 2.05) is 4.90 Å². The highest BCUT2D eigenvalue weighted by molar-refractivity contribution is 7.08. The van der Waals surface area contributed by atoms with Gasteiger partial charge in [0, 0.05) is 44.3 Å². The van der Waals surface area contributed by atoms with Crippen LogP contribution >= 0.6 is 11.5 Å². The van der Waals surface area contributed by atoms with Gasteiger partial charge in [0.1, 0.15) is 4.88 Å². The van der Waals surface area contributed by atoms with Crippen molar-refractivity contribution in [2.75, 3.05) is 32.7 Å². The van der Waals surface area contributed by atoms with E-state index >= 15 is 0 Å². The Morgan fingerprint density at radius 2 is 2.28 bits per heavy atom. The van der Waals surface area contributed by atoms with Gasteiger partial charge in [-0.05, 0) is 57.1 Å². The van der Waals surface area contributed by atoms with E-state index in [9.17, 15) is 9.90 Å². The lowest BCUT2D eigenvalue weighted by atomic mass is 9.71. The molecular weight excluding hydrogens is 334 g/mol. The van der Waals surface area contributed by atoms with Crippen molar-refractivity contribution in [2.24, 2.45) is 5.41 Å². The smallest absolute Gasteiger partial charge is 0.265 e. The molecule has 0 saturated carbocycles. The van der Waals surface area contributed by atoms with Gasteiger partial charge in [-0.1, -0.05) is 11.6 Å². The van der Waals surface area contributed by atoms with Crippen molar-refractivity contribution in [1.29, 1.82) is 0 Å². The minimum absolute atomic E-state index is 0.0652. The number of carbonyl (C=O) groups excluding carboxylic acids is 1. The van der Waals surface area contributed by atoms with E-state index in [0.717, 1.165) is 51.9 Å². The molecule has 25 heavy (non-hydrogen) atoms. The number of hydrogen-bond donors (Lipinski definition) is 1. The normalized spacial score (nSPS) is 27.5. The molecular formula is C19H29N3O2S. The summed E-state index contributed by atoms with van der Waals surface area (Å²) in [4.78, 5) is 17.8. The molecule has 0 bridgehead atoms. The number of aliphatic hydroxyl groups is 1. The minimum atomic E-state index is -0.315. The van der Waals surface area contributed by atoms with Crippen molar-refractivity contribution < 1.29 is 9.90 Å². The second-order valence-corrected chi connectivity index (χ2v) is 8.55. The van der Waals surface area contributed by atoms with Gasteiger partial charge in [-0.25, -0.2) is 4.37 Å². The first-order valence-electron chi connectivity index (χ1n) is 9.24. The second kappa shape index (κ2) is 7.98. The molecule has 1 N–H and O–H groups in total. The zero-order valence-electron chi connectivity index (χ0n) is 15.3. The summed E-state index contributed by atoms with van der Waals surface area (Å²) in [5.74, 6) is 0.0652. The quantitative estimate of drug-likeness (QED) is 0.836. The third-order valence-electron chi connectivity index (χ3n) is 5.51. The number of likely N-dealkylation sites (tertiary alicyclic amines) is 2. The fraction of sp³-hybridized carbons (Fsp3) is 0.684. The third kappa shape index (κ3) is 4.30. The number of aromatic nitrogens is 1. The van der Waals surface area contributed by atoms with Crippen LogP contribution < -0.4 is 0 Å². The lowest BCUT2D eigenvalue weighted by Crippen LogP contribution is -2.59. The minimum Gasteiger partial charge on any atom is -0.392 e. The van der Waals surface area contributed by atoms with Crippen molar-refractivity contribution >= 4 is 17.4 Å². The van der Waals surface area contributed by atoms with Crippen molar-refractivity contribution in [3.8, 4) is 0 Å². The summed E-state index contributed by atoms with van der Waals surface area (Å²) in [6, 6.07) is 1.79. The topological polar surface area (TPSA) is 56.7 Å². The van der Waals surface area contributed by atoms with Crippen LogP contribution in [0, 0.1) is 5.41 Å². The Balaban J connectivity index is 1.67. The molecule has 1 spiro atoms. The third-order valence-corrected chi connectivity index (χ3v) is 6.24. The van der Waals surface area contributed by atoms with Gasteiger partial charge in [-0.3, -0.25) is 4.79 Å². The van der Waals surface area contributed by atoms with E-state index < -0.39 is 0 Å². The standard InChI is InChI=1S/C19H29N3O2S/c1-15(2)5-3-10-21-12-7-17(23)19(13-21)8-4-11-22(14-19)18(24)16-6-9-20-25-16/h5-6,9,17,23H,3-4,7-8,10-14H2,1-2H3/t17-,19-/m1/s1. The summed E-state index contributed by atoms with van der Waals surface area (Å²) in [6.45, 7) is 8.56. The number of aliphatic hydroxyl groups excluding tert-OH is 1. The number of allylic oxidation sites excluding steroid dienone is 1. The number of nitrogens with zero attached hydrogens (tertiary/aromatic N) is 3. The summed E-state index contributed by atoms with van der Waals surface area (Å²) in [5, 5.41) is 10.8. The zero-order chi connectivity index (χ0) is 17.9. The predicted molar refractivity (Wildman–Crippen MR) is 101 cm³/mol. The monoisotopic (exact) mass is 363 g/mol. The van der Waals surface area contributed by atoms with Gasteiger partial charge in [0.05, 0.1) is 6.10 Å². The van der Waals surface area contributed by atoms with Crippen molar-refractivity contribution in [1.82, 2.24) is 14.2 Å². The average Bonchev–Trinajstić information content (AvgIpc) is 3.12. The molecule has 2 aliphatic rings. The molecule has 1 aromatic heterocycles. The van der Waals surface area contributed by atoms with Gasteiger partial charge in [0.15, 0.2) is 0 Å². The van der Waals surface area contributed by atoms with E-state index in [-0.39, 0.29) is 17.4 Å². The number of carbonyl (C=O) groups is 1. The summed E-state index contributed by atoms with van der Waals surface area (Å²) in [7, 11) is 0. The summed E-state index contributed by atoms with van der Waals surface area (Å²) >= 11 is 1.25. The Morgan fingerprint density at radius 3 is 3.00 bits per heavy atom. The highest BCUT2D eigenvalue weighted by Crippen LogP contribution is 2.39. The molecule has 1 aromatic rings. The Kier molecular flexibility index (Phi) is 5.92. The lowest BCUT2D eigenvalue weighted by molar-refractivity contribution is -0.0781. The number of rotatable bonds is 4. The van der Waals surface area contributed by atoms with Gasteiger partial charge in [-0.15, -0.1) is 0 Å². The summed E-state index contributed by atoms with van der Waals surface area (Å²) in [5.41, 5.74) is 1.17. The van der Waals surface area contributed by atoms with Gasteiger partial charge < -0.3 is 14.9 Å². The molecule has 0 unspecified atom stereocenters. The van der Waals surface area contributed by atoms with E-state index in [0.29, 0.717) is 11.4 Å². The number of amides is 1. The fourth-order valence-corrected chi connectivity index (χ4v) is 4.75. The predicted octanol–water partition coefficient (Wildman–Crippen LogP) is 2.79. The maximum Gasteiger partial charge on any atom is 0.265 e. The maximum absolute atomic E-state index is 12.7. The highest BCUT2D eigenvalue weighted by atomic mass is 32.1.